The fourth-order valence-corrected chi connectivity index (χ4v) is 1.35. The summed E-state index contributed by atoms with van der Waals surface area (Å²) in [6.45, 7) is -0.109. The normalized spacial score (nSPS) is 10.9. The molecule has 0 amide bonds. The Hall–Kier alpha value is -1.16. The molecule has 0 aliphatic carbocycles. The summed E-state index contributed by atoms with van der Waals surface area (Å²) in [5, 5.41) is 1.06. The highest BCUT2D eigenvalue weighted by molar-refractivity contribution is 6.28. The summed E-state index contributed by atoms with van der Waals surface area (Å²) in [6, 6.07) is 1.83. The van der Waals surface area contributed by atoms with E-state index in [2.05, 4.69) is 9.97 Å². The molecule has 0 aromatic carbocycles. The average molecular weight is 200 g/mol. The molecule has 2 aromatic rings. The van der Waals surface area contributed by atoms with Gasteiger partial charge in [-0.15, -0.1) is 0 Å². The lowest BCUT2D eigenvalue weighted by atomic mass is 10.4. The molecule has 0 fully saturated rings. The summed E-state index contributed by atoms with van der Waals surface area (Å²) in [7, 11) is 0. The van der Waals surface area contributed by atoms with Crippen LogP contribution in [0.4, 0.5) is 4.39 Å². The zero-order chi connectivity index (χ0) is 9.26. The Balaban J connectivity index is 2.58. The van der Waals surface area contributed by atoms with Crippen molar-refractivity contribution < 1.29 is 4.39 Å². The van der Waals surface area contributed by atoms with E-state index >= 15 is 0 Å². The fraction of sp³-hybridized carbons (Fsp3) is 0.250. The van der Waals surface area contributed by atoms with Crippen LogP contribution in [-0.2, 0) is 6.54 Å². The maximum atomic E-state index is 12.1. The minimum absolute atomic E-state index is 0.186. The maximum absolute atomic E-state index is 12.1. The van der Waals surface area contributed by atoms with E-state index in [4.69, 9.17) is 11.6 Å². The Morgan fingerprint density at radius 3 is 3.15 bits per heavy atom. The standard InChI is InChI=1S/C8H7ClFN3/c9-8-11-5-6-1-3-13(4-2-10)7(6)12-8/h1,3,5H,2,4H2. The first-order valence-corrected chi connectivity index (χ1v) is 4.22. The number of aryl methyl sites for hydroxylation is 1. The second-order valence-corrected chi connectivity index (χ2v) is 2.95. The van der Waals surface area contributed by atoms with Crippen molar-refractivity contribution in [3.63, 3.8) is 0 Å². The number of alkyl halides is 1. The summed E-state index contributed by atoms with van der Waals surface area (Å²) in [5.41, 5.74) is 0.678. The summed E-state index contributed by atoms with van der Waals surface area (Å²) in [6.07, 6.45) is 3.40. The number of hydrogen-bond donors (Lipinski definition) is 0. The van der Waals surface area contributed by atoms with Gasteiger partial charge in [-0.2, -0.15) is 4.98 Å². The maximum Gasteiger partial charge on any atom is 0.224 e. The number of nitrogens with zero attached hydrogens (tertiary/aromatic N) is 3. The van der Waals surface area contributed by atoms with Crippen LogP contribution in [0.25, 0.3) is 11.0 Å². The Labute approximate surface area is 79.2 Å². The van der Waals surface area contributed by atoms with Crippen LogP contribution in [0, 0.1) is 0 Å². The Morgan fingerprint density at radius 2 is 2.38 bits per heavy atom. The van der Waals surface area contributed by atoms with Gasteiger partial charge in [0.1, 0.15) is 12.3 Å². The number of rotatable bonds is 2. The lowest BCUT2D eigenvalue weighted by molar-refractivity contribution is 0.450. The van der Waals surface area contributed by atoms with Crippen molar-refractivity contribution in [2.24, 2.45) is 0 Å². The Kier molecular flexibility index (Phi) is 2.14. The van der Waals surface area contributed by atoms with Crippen molar-refractivity contribution >= 4 is 22.6 Å². The lowest BCUT2D eigenvalue weighted by Gasteiger charge is -1.99. The molecule has 5 heteroatoms. The minimum Gasteiger partial charge on any atom is -0.330 e. The molecule has 0 N–H and O–H groups in total. The molecule has 0 aliphatic heterocycles. The number of aromatic nitrogens is 3. The quantitative estimate of drug-likeness (QED) is 0.694. The molecule has 0 spiro atoms. The summed E-state index contributed by atoms with van der Waals surface area (Å²) < 4.78 is 13.8. The van der Waals surface area contributed by atoms with Crippen LogP contribution in [-0.4, -0.2) is 21.2 Å². The molecule has 13 heavy (non-hydrogen) atoms. The highest BCUT2D eigenvalue weighted by Gasteiger charge is 2.02. The first kappa shape index (κ1) is 8.44. The van der Waals surface area contributed by atoms with E-state index in [9.17, 15) is 4.39 Å². The van der Waals surface area contributed by atoms with Gasteiger partial charge in [0.2, 0.25) is 5.28 Å². The molecule has 0 aliphatic rings. The monoisotopic (exact) mass is 199 g/mol. The van der Waals surface area contributed by atoms with Crippen molar-refractivity contribution in [2.75, 3.05) is 6.67 Å². The molecular weight excluding hydrogens is 193 g/mol. The highest BCUT2D eigenvalue weighted by Crippen LogP contribution is 2.13. The summed E-state index contributed by atoms with van der Waals surface area (Å²) in [5.74, 6) is 0. The van der Waals surface area contributed by atoms with Crippen molar-refractivity contribution in [1.29, 1.82) is 0 Å². The zero-order valence-corrected chi connectivity index (χ0v) is 7.50. The van der Waals surface area contributed by atoms with Crippen LogP contribution in [0.3, 0.4) is 0 Å². The smallest absolute Gasteiger partial charge is 0.224 e. The molecule has 0 bridgehead atoms. The topological polar surface area (TPSA) is 30.7 Å². The highest BCUT2D eigenvalue weighted by atomic mass is 35.5. The molecule has 0 unspecified atom stereocenters. The summed E-state index contributed by atoms with van der Waals surface area (Å²) in [4.78, 5) is 7.83. The van der Waals surface area contributed by atoms with Gasteiger partial charge < -0.3 is 4.57 Å². The van der Waals surface area contributed by atoms with E-state index in [1.165, 1.54) is 0 Å². The molecule has 3 nitrogen and oxygen atoms in total. The van der Waals surface area contributed by atoms with E-state index in [-0.39, 0.29) is 5.28 Å². The van der Waals surface area contributed by atoms with Gasteiger partial charge in [0.05, 0.1) is 6.54 Å². The summed E-state index contributed by atoms with van der Waals surface area (Å²) >= 11 is 5.62. The molecule has 2 aromatic heterocycles. The third-order valence-electron chi connectivity index (χ3n) is 1.80. The molecule has 2 heterocycles. The van der Waals surface area contributed by atoms with E-state index in [1.54, 1.807) is 17.0 Å². The SMILES string of the molecule is FCCn1ccc2cnc(Cl)nc21. The first-order chi connectivity index (χ1) is 6.31. The Morgan fingerprint density at radius 1 is 1.54 bits per heavy atom. The number of fused-ring (bicyclic) bond motifs is 1. The number of halogens is 2. The second kappa shape index (κ2) is 3.30. The largest absolute Gasteiger partial charge is 0.330 e. The van der Waals surface area contributed by atoms with Crippen LogP contribution in [0.5, 0.6) is 0 Å². The van der Waals surface area contributed by atoms with Gasteiger partial charge in [0.15, 0.2) is 0 Å². The van der Waals surface area contributed by atoms with Gasteiger partial charge in [-0.1, -0.05) is 0 Å². The average Bonchev–Trinajstić information content (AvgIpc) is 2.49. The molecule has 0 radical (unpaired) electrons. The van der Waals surface area contributed by atoms with Crippen LogP contribution < -0.4 is 0 Å². The Bertz CT molecular complexity index is 426. The van der Waals surface area contributed by atoms with E-state index in [0.29, 0.717) is 12.2 Å². The minimum atomic E-state index is -0.411. The zero-order valence-electron chi connectivity index (χ0n) is 6.74. The van der Waals surface area contributed by atoms with Gasteiger partial charge in [-0.05, 0) is 17.7 Å². The molecule has 0 saturated heterocycles. The van der Waals surface area contributed by atoms with Crippen LogP contribution in [0.15, 0.2) is 18.5 Å². The van der Waals surface area contributed by atoms with E-state index < -0.39 is 6.67 Å². The predicted octanol–water partition coefficient (Wildman–Crippen LogP) is 2.05. The number of hydrogen-bond acceptors (Lipinski definition) is 2. The van der Waals surface area contributed by atoms with Crippen molar-refractivity contribution in [2.45, 2.75) is 6.54 Å². The van der Waals surface area contributed by atoms with E-state index in [1.807, 2.05) is 6.07 Å². The van der Waals surface area contributed by atoms with Crippen molar-refractivity contribution in [1.82, 2.24) is 14.5 Å². The first-order valence-electron chi connectivity index (χ1n) is 3.84. The molecule has 68 valence electrons. The van der Waals surface area contributed by atoms with Gasteiger partial charge >= 0.3 is 0 Å². The van der Waals surface area contributed by atoms with Crippen LogP contribution >= 0.6 is 11.6 Å². The van der Waals surface area contributed by atoms with Gasteiger partial charge in [0.25, 0.3) is 0 Å². The molecule has 2 rings (SSSR count). The van der Waals surface area contributed by atoms with Crippen molar-refractivity contribution in [3.05, 3.63) is 23.7 Å². The van der Waals surface area contributed by atoms with Crippen LogP contribution in [0.1, 0.15) is 0 Å². The molecule has 0 saturated carbocycles. The lowest BCUT2D eigenvalue weighted by Crippen LogP contribution is -1.99. The third-order valence-corrected chi connectivity index (χ3v) is 1.98. The molecule has 0 atom stereocenters. The fourth-order valence-electron chi connectivity index (χ4n) is 1.22. The van der Waals surface area contributed by atoms with Gasteiger partial charge in [0, 0.05) is 17.8 Å². The van der Waals surface area contributed by atoms with E-state index in [0.717, 1.165) is 5.39 Å². The third kappa shape index (κ3) is 1.49. The predicted molar refractivity (Wildman–Crippen MR) is 48.5 cm³/mol. The second-order valence-electron chi connectivity index (χ2n) is 2.62. The van der Waals surface area contributed by atoms with Gasteiger partial charge in [-0.3, -0.25) is 0 Å². The molecular formula is C8H7ClFN3. The van der Waals surface area contributed by atoms with Gasteiger partial charge in [-0.25, -0.2) is 9.37 Å². The van der Waals surface area contributed by atoms with Crippen LogP contribution in [0.2, 0.25) is 5.28 Å². The van der Waals surface area contributed by atoms with Crippen molar-refractivity contribution in [3.8, 4) is 0 Å².